The summed E-state index contributed by atoms with van der Waals surface area (Å²) in [4.78, 5) is 17.2. The highest BCUT2D eigenvalue weighted by Gasteiger charge is 2.33. The molecule has 0 unspecified atom stereocenters. The third-order valence-electron chi connectivity index (χ3n) is 4.32. The van der Waals surface area contributed by atoms with Gasteiger partial charge in [-0.05, 0) is 30.4 Å². The molecule has 9 heteroatoms. The van der Waals surface area contributed by atoms with Crippen molar-refractivity contribution in [2.24, 2.45) is 5.73 Å². The van der Waals surface area contributed by atoms with E-state index in [2.05, 4.69) is 0 Å². The van der Waals surface area contributed by atoms with Gasteiger partial charge in [0.1, 0.15) is 11.9 Å². The van der Waals surface area contributed by atoms with Crippen LogP contribution < -0.4 is 15.5 Å². The van der Waals surface area contributed by atoms with E-state index < -0.39 is 6.09 Å². The summed E-state index contributed by atoms with van der Waals surface area (Å²) in [6.07, 6.45) is -0.844. The minimum Gasteiger partial charge on any atom is -0.442 e. The van der Waals surface area contributed by atoms with Crippen LogP contribution in [0.4, 0.5) is 20.6 Å². The lowest BCUT2D eigenvalue weighted by atomic mass is 10.2. The normalized spacial score (nSPS) is 20.6. The van der Waals surface area contributed by atoms with Gasteiger partial charge in [0.2, 0.25) is 0 Å². The number of hydrogen-bond donors (Lipinski definition) is 1. The van der Waals surface area contributed by atoms with E-state index in [-0.39, 0.29) is 17.0 Å². The van der Waals surface area contributed by atoms with Crippen LogP contribution in [0.25, 0.3) is 0 Å². The fourth-order valence-corrected chi connectivity index (χ4v) is 3.92. The van der Waals surface area contributed by atoms with Gasteiger partial charge in [-0.2, -0.15) is 11.8 Å². The lowest BCUT2D eigenvalue weighted by Crippen LogP contribution is -2.39. The van der Waals surface area contributed by atoms with E-state index in [1.165, 1.54) is 11.0 Å². The number of carbonyl (C=O) groups excluding carboxylic acids is 1. The highest BCUT2D eigenvalue weighted by Crippen LogP contribution is 2.29. The Bertz CT molecular complexity index is 670. The van der Waals surface area contributed by atoms with Gasteiger partial charge >= 0.3 is 6.09 Å². The van der Waals surface area contributed by atoms with E-state index in [0.29, 0.717) is 24.5 Å². The highest BCUT2D eigenvalue weighted by molar-refractivity contribution is 7.99. The van der Waals surface area contributed by atoms with Crippen LogP contribution in [0.1, 0.15) is 0 Å². The van der Waals surface area contributed by atoms with Crippen LogP contribution in [-0.2, 0) is 4.74 Å². The molecule has 0 aromatic heterocycles. The summed E-state index contributed by atoms with van der Waals surface area (Å²) in [5.41, 5.74) is 6.63. The van der Waals surface area contributed by atoms with Crippen LogP contribution in [-0.4, -0.2) is 66.9 Å². The average Bonchev–Trinajstić information content (AvgIpc) is 2.95. The second-order valence-electron chi connectivity index (χ2n) is 6.07. The van der Waals surface area contributed by atoms with E-state index in [4.69, 9.17) is 22.7 Å². The van der Waals surface area contributed by atoms with Gasteiger partial charge in [0.05, 0.1) is 24.5 Å². The van der Waals surface area contributed by atoms with E-state index in [1.54, 1.807) is 24.1 Å². The molecule has 136 valence electrons. The number of amides is 1. The third-order valence-corrected chi connectivity index (χ3v) is 5.58. The molecule has 2 N–H and O–H groups in total. The zero-order chi connectivity index (χ0) is 18.0. The molecule has 25 heavy (non-hydrogen) atoms. The van der Waals surface area contributed by atoms with Crippen molar-refractivity contribution in [1.29, 1.82) is 0 Å². The Kier molecular flexibility index (Phi) is 5.53. The van der Waals surface area contributed by atoms with Crippen molar-refractivity contribution in [3.05, 3.63) is 24.0 Å². The molecular formula is C16H21FN4O2S2. The summed E-state index contributed by atoms with van der Waals surface area (Å²) in [7, 11) is 1.74. The Morgan fingerprint density at radius 2 is 2.20 bits per heavy atom. The lowest BCUT2D eigenvalue weighted by molar-refractivity contribution is 0.130. The fraction of sp³-hybridized carbons (Fsp3) is 0.500. The van der Waals surface area contributed by atoms with Gasteiger partial charge in [0, 0.05) is 31.6 Å². The topological polar surface area (TPSA) is 62.0 Å². The highest BCUT2D eigenvalue weighted by atomic mass is 32.2. The second kappa shape index (κ2) is 7.65. The molecule has 6 nitrogen and oxygen atoms in total. The number of benzene rings is 1. The summed E-state index contributed by atoms with van der Waals surface area (Å²) in [5, 5.41) is 0.240. The van der Waals surface area contributed by atoms with E-state index in [0.717, 1.165) is 24.6 Å². The minimum absolute atomic E-state index is 0.240. The number of nitrogens with zero attached hydrogens (tertiary/aromatic N) is 3. The molecule has 1 aromatic rings. The van der Waals surface area contributed by atoms with Crippen LogP contribution in [0, 0.1) is 5.82 Å². The fourth-order valence-electron chi connectivity index (χ4n) is 2.95. The number of ether oxygens (including phenoxy) is 1. The van der Waals surface area contributed by atoms with Crippen molar-refractivity contribution >= 4 is 46.6 Å². The predicted octanol–water partition coefficient (Wildman–Crippen LogP) is 1.88. The molecule has 2 fully saturated rings. The molecule has 2 saturated heterocycles. The summed E-state index contributed by atoms with van der Waals surface area (Å²) in [6, 6.07) is 4.90. The molecule has 0 saturated carbocycles. The maximum absolute atomic E-state index is 14.6. The molecule has 3 rings (SSSR count). The Labute approximate surface area is 156 Å². The first kappa shape index (κ1) is 18.1. The predicted molar refractivity (Wildman–Crippen MR) is 103 cm³/mol. The first-order valence-corrected chi connectivity index (χ1v) is 9.63. The Morgan fingerprint density at radius 3 is 2.84 bits per heavy atom. The zero-order valence-corrected chi connectivity index (χ0v) is 15.6. The molecule has 0 spiro atoms. The summed E-state index contributed by atoms with van der Waals surface area (Å²) >= 11 is 6.77. The van der Waals surface area contributed by atoms with E-state index in [9.17, 15) is 9.18 Å². The number of anilines is 2. The Hall–Kier alpha value is -1.74. The molecule has 1 atom stereocenters. The van der Waals surface area contributed by atoms with Crippen LogP contribution >= 0.6 is 24.0 Å². The van der Waals surface area contributed by atoms with Crippen LogP contribution in [0.3, 0.4) is 0 Å². The molecule has 1 aromatic carbocycles. The molecule has 0 bridgehead atoms. The molecule has 2 heterocycles. The minimum atomic E-state index is -0.483. The number of cyclic esters (lactones) is 1. The van der Waals surface area contributed by atoms with Gasteiger partial charge in [-0.15, -0.1) is 0 Å². The molecule has 0 aliphatic carbocycles. The summed E-state index contributed by atoms with van der Waals surface area (Å²) < 4.78 is 19.9. The first-order valence-electron chi connectivity index (χ1n) is 8.06. The third kappa shape index (κ3) is 4.09. The van der Waals surface area contributed by atoms with E-state index >= 15 is 0 Å². The zero-order valence-electron chi connectivity index (χ0n) is 14.0. The maximum Gasteiger partial charge on any atom is 0.414 e. The first-order chi connectivity index (χ1) is 12.0. The van der Waals surface area contributed by atoms with Crippen molar-refractivity contribution in [3.63, 3.8) is 0 Å². The van der Waals surface area contributed by atoms with Crippen molar-refractivity contribution in [2.75, 3.05) is 54.5 Å². The number of hydrogen-bond acceptors (Lipinski definition) is 5. The number of likely N-dealkylation sites (N-methyl/N-ethyl adjacent to an activating group) is 1. The lowest BCUT2D eigenvalue weighted by Gasteiger charge is -2.29. The van der Waals surface area contributed by atoms with Gasteiger partial charge in [0.25, 0.3) is 0 Å². The molecular weight excluding hydrogens is 363 g/mol. The molecule has 0 radical (unpaired) electrons. The second-order valence-corrected chi connectivity index (χ2v) is 7.71. The number of carbonyl (C=O) groups is 1. The molecule has 1 amide bonds. The van der Waals surface area contributed by atoms with Gasteiger partial charge in [0.15, 0.2) is 5.11 Å². The smallest absolute Gasteiger partial charge is 0.414 e. The van der Waals surface area contributed by atoms with Crippen LogP contribution in [0.15, 0.2) is 18.2 Å². The maximum atomic E-state index is 14.6. The van der Waals surface area contributed by atoms with Crippen molar-refractivity contribution in [2.45, 2.75) is 6.10 Å². The van der Waals surface area contributed by atoms with E-state index in [1.807, 2.05) is 16.7 Å². The number of nitrogens with two attached hydrogens (primary N) is 1. The Morgan fingerprint density at radius 1 is 1.48 bits per heavy atom. The monoisotopic (exact) mass is 384 g/mol. The number of rotatable bonds is 4. The van der Waals surface area contributed by atoms with Gasteiger partial charge in [-0.1, -0.05) is 0 Å². The van der Waals surface area contributed by atoms with Crippen molar-refractivity contribution < 1.29 is 13.9 Å². The van der Waals surface area contributed by atoms with Gasteiger partial charge < -0.3 is 20.3 Å². The standard InChI is InChI=1S/C16H21FN4O2S2/c1-19(15(18)24)9-12-10-21(16(22)23-12)11-2-3-14(13(17)8-11)20-4-6-25-7-5-20/h2-3,8,12H,4-7,9-10H2,1H3,(H2,18,24)/t12-/m1/s1. The summed E-state index contributed by atoms with van der Waals surface area (Å²) in [5.74, 6) is 1.68. The SMILES string of the molecule is CN(C[C@@H]1CN(c2ccc(N3CCSCC3)c(F)c2)C(=O)O1)C(N)=S. The number of halogens is 1. The van der Waals surface area contributed by atoms with Crippen molar-refractivity contribution in [3.8, 4) is 0 Å². The quantitative estimate of drug-likeness (QED) is 0.795. The van der Waals surface area contributed by atoms with Gasteiger partial charge in [-0.3, -0.25) is 4.90 Å². The Balaban J connectivity index is 1.70. The van der Waals surface area contributed by atoms with Gasteiger partial charge in [-0.25, -0.2) is 9.18 Å². The van der Waals surface area contributed by atoms with Crippen LogP contribution in [0.2, 0.25) is 0 Å². The summed E-state index contributed by atoms with van der Waals surface area (Å²) in [6.45, 7) is 2.41. The molecule has 2 aliphatic rings. The largest absolute Gasteiger partial charge is 0.442 e. The number of thioether (sulfide) groups is 1. The number of thiocarbonyl (C=S) groups is 1. The molecule has 2 aliphatic heterocycles. The van der Waals surface area contributed by atoms with Crippen molar-refractivity contribution in [1.82, 2.24) is 4.90 Å². The average molecular weight is 385 g/mol. The van der Waals surface area contributed by atoms with Crippen LogP contribution in [0.5, 0.6) is 0 Å².